The van der Waals surface area contributed by atoms with Crippen LogP contribution in [0, 0.1) is 5.92 Å². The molecule has 2 aromatic heterocycles. The van der Waals surface area contributed by atoms with Crippen molar-refractivity contribution in [1.82, 2.24) is 14.5 Å². The lowest BCUT2D eigenvalue weighted by molar-refractivity contribution is -0.0423. The molecule has 1 fully saturated rings. The van der Waals surface area contributed by atoms with Gasteiger partial charge in [-0.2, -0.15) is 0 Å². The SMILES string of the molecule is Cn1cncc1C1N=CC=C(C2CCC(F)(F)CC2)N1c1ccc(C(C)(C)O)nc1. The van der Waals surface area contributed by atoms with Gasteiger partial charge in [0.05, 0.1) is 35.8 Å². The van der Waals surface area contributed by atoms with Crippen LogP contribution in [0.4, 0.5) is 14.5 Å². The Morgan fingerprint density at radius 2 is 1.90 bits per heavy atom. The van der Waals surface area contributed by atoms with Gasteiger partial charge >= 0.3 is 0 Å². The Bertz CT molecular complexity index is 949. The van der Waals surface area contributed by atoms with E-state index in [-0.39, 0.29) is 24.9 Å². The summed E-state index contributed by atoms with van der Waals surface area (Å²) in [6.07, 6.45) is 9.16. The second-order valence-corrected chi connectivity index (χ2v) is 8.65. The van der Waals surface area contributed by atoms with Crippen LogP contribution in [0.5, 0.6) is 0 Å². The normalized spacial score (nSPS) is 22.3. The lowest BCUT2D eigenvalue weighted by atomic mass is 9.83. The van der Waals surface area contributed by atoms with Crippen molar-refractivity contribution in [3.05, 3.63) is 54.0 Å². The summed E-state index contributed by atoms with van der Waals surface area (Å²) in [5.41, 5.74) is 2.17. The maximum absolute atomic E-state index is 13.8. The van der Waals surface area contributed by atoms with Crippen molar-refractivity contribution < 1.29 is 13.9 Å². The van der Waals surface area contributed by atoms with Gasteiger partial charge in [0.15, 0.2) is 6.17 Å². The summed E-state index contributed by atoms with van der Waals surface area (Å²) >= 11 is 0. The van der Waals surface area contributed by atoms with E-state index in [1.54, 1.807) is 44.8 Å². The van der Waals surface area contributed by atoms with Crippen LogP contribution in [-0.4, -0.2) is 31.8 Å². The number of hydrogen-bond acceptors (Lipinski definition) is 5. The highest BCUT2D eigenvalue weighted by atomic mass is 19.3. The first kappa shape index (κ1) is 20.7. The minimum atomic E-state index is -2.58. The molecule has 0 aromatic carbocycles. The Kier molecular flexibility index (Phi) is 5.22. The average Bonchev–Trinajstić information content (AvgIpc) is 3.13. The van der Waals surface area contributed by atoms with Crippen LogP contribution >= 0.6 is 0 Å². The highest BCUT2D eigenvalue weighted by Gasteiger charge is 2.39. The molecule has 8 heteroatoms. The summed E-state index contributed by atoms with van der Waals surface area (Å²) in [5, 5.41) is 10.2. The summed E-state index contributed by atoms with van der Waals surface area (Å²) < 4.78 is 29.4. The van der Waals surface area contributed by atoms with Crippen LogP contribution in [0.2, 0.25) is 0 Å². The van der Waals surface area contributed by atoms with Gasteiger partial charge in [0.25, 0.3) is 0 Å². The van der Waals surface area contributed by atoms with Crippen LogP contribution < -0.4 is 4.90 Å². The fourth-order valence-corrected chi connectivity index (χ4v) is 4.16. The lowest BCUT2D eigenvalue weighted by Crippen LogP contribution is -2.36. The monoisotopic (exact) mass is 415 g/mol. The van der Waals surface area contributed by atoms with Gasteiger partial charge in [-0.3, -0.25) is 9.98 Å². The maximum Gasteiger partial charge on any atom is 0.248 e. The van der Waals surface area contributed by atoms with E-state index in [4.69, 9.17) is 0 Å². The first-order valence-electron chi connectivity index (χ1n) is 10.2. The summed E-state index contributed by atoms with van der Waals surface area (Å²) in [6.45, 7) is 3.37. The van der Waals surface area contributed by atoms with Crippen LogP contribution in [0.1, 0.15) is 57.1 Å². The highest BCUT2D eigenvalue weighted by Crippen LogP contribution is 2.44. The van der Waals surface area contributed by atoms with Crippen molar-refractivity contribution in [2.75, 3.05) is 4.90 Å². The van der Waals surface area contributed by atoms with E-state index in [1.165, 1.54) is 0 Å². The van der Waals surface area contributed by atoms with E-state index in [2.05, 4.69) is 19.9 Å². The number of halogens is 2. The largest absolute Gasteiger partial charge is 0.384 e. The number of anilines is 1. The number of rotatable bonds is 4. The van der Waals surface area contributed by atoms with Gasteiger partial charge in [0.2, 0.25) is 5.92 Å². The molecule has 1 aliphatic heterocycles. The number of aliphatic imine (C=N–C) groups is 1. The molecule has 0 spiro atoms. The first-order valence-corrected chi connectivity index (χ1v) is 10.2. The first-order chi connectivity index (χ1) is 14.2. The summed E-state index contributed by atoms with van der Waals surface area (Å²) in [7, 11) is 1.91. The summed E-state index contributed by atoms with van der Waals surface area (Å²) in [4.78, 5) is 15.4. The second kappa shape index (κ2) is 7.58. The predicted octanol–water partition coefficient (Wildman–Crippen LogP) is 4.34. The van der Waals surface area contributed by atoms with Crippen molar-refractivity contribution in [1.29, 1.82) is 0 Å². The number of hydrogen-bond donors (Lipinski definition) is 1. The zero-order valence-electron chi connectivity index (χ0n) is 17.5. The van der Waals surface area contributed by atoms with E-state index in [0.717, 1.165) is 17.1 Å². The quantitative estimate of drug-likeness (QED) is 0.807. The minimum absolute atomic E-state index is 0.0149. The molecule has 3 heterocycles. The number of imidazole rings is 1. The van der Waals surface area contributed by atoms with Gasteiger partial charge in [0, 0.05) is 31.8 Å². The van der Waals surface area contributed by atoms with E-state index < -0.39 is 11.5 Å². The molecular weight excluding hydrogens is 388 g/mol. The molecule has 1 saturated carbocycles. The molecule has 1 aliphatic carbocycles. The zero-order chi connectivity index (χ0) is 21.5. The number of nitrogens with zero attached hydrogens (tertiary/aromatic N) is 5. The van der Waals surface area contributed by atoms with Gasteiger partial charge in [0.1, 0.15) is 5.60 Å². The van der Waals surface area contributed by atoms with E-state index in [1.807, 2.05) is 23.8 Å². The van der Waals surface area contributed by atoms with Crippen molar-refractivity contribution >= 4 is 11.9 Å². The molecule has 0 saturated heterocycles. The predicted molar refractivity (Wildman–Crippen MR) is 111 cm³/mol. The van der Waals surface area contributed by atoms with Crippen LogP contribution in [0.25, 0.3) is 0 Å². The molecule has 0 amide bonds. The fourth-order valence-electron chi connectivity index (χ4n) is 4.16. The van der Waals surface area contributed by atoms with Crippen LogP contribution in [-0.2, 0) is 12.6 Å². The van der Waals surface area contributed by atoms with E-state index >= 15 is 0 Å². The molecule has 30 heavy (non-hydrogen) atoms. The van der Waals surface area contributed by atoms with Crippen LogP contribution in [0.15, 0.2) is 47.6 Å². The van der Waals surface area contributed by atoms with E-state index in [9.17, 15) is 13.9 Å². The third-order valence-electron chi connectivity index (χ3n) is 5.90. The number of aromatic nitrogens is 3. The lowest BCUT2D eigenvalue weighted by Gasteiger charge is -2.40. The molecular formula is C22H27F2N5O. The third kappa shape index (κ3) is 4.01. The number of allylic oxidation sites excluding steroid dienone is 2. The molecule has 2 aromatic rings. The number of pyridine rings is 1. The molecule has 1 atom stereocenters. The topological polar surface area (TPSA) is 66.5 Å². The highest BCUT2D eigenvalue weighted by molar-refractivity contribution is 5.77. The van der Waals surface area contributed by atoms with Gasteiger partial charge in [-0.25, -0.2) is 13.8 Å². The number of aliphatic hydroxyl groups is 1. The zero-order valence-corrected chi connectivity index (χ0v) is 17.5. The molecule has 160 valence electrons. The minimum Gasteiger partial charge on any atom is -0.384 e. The maximum atomic E-state index is 13.8. The molecule has 2 aliphatic rings. The van der Waals surface area contributed by atoms with Crippen molar-refractivity contribution in [3.63, 3.8) is 0 Å². The Morgan fingerprint density at radius 3 is 2.47 bits per heavy atom. The summed E-state index contributed by atoms with van der Waals surface area (Å²) in [5.74, 6) is -2.57. The van der Waals surface area contributed by atoms with Gasteiger partial charge in [-0.15, -0.1) is 0 Å². The number of alkyl halides is 2. The standard InChI is InChI=1S/C22H27F2N5O/c1-21(2,30)19-5-4-16(12-27-19)29-17(15-6-9-22(23,24)10-7-15)8-11-26-20(29)18-13-25-14-28(18)3/h4-5,8,11-15,20,30H,6-7,9-10H2,1-3H3. The number of aryl methyl sites for hydroxylation is 1. The summed E-state index contributed by atoms with van der Waals surface area (Å²) in [6, 6.07) is 3.69. The van der Waals surface area contributed by atoms with Crippen molar-refractivity contribution in [2.45, 2.75) is 57.2 Å². The fraction of sp³-hybridized carbons (Fsp3) is 0.500. The van der Waals surface area contributed by atoms with Gasteiger partial charge in [-0.1, -0.05) is 0 Å². The second-order valence-electron chi connectivity index (χ2n) is 8.65. The van der Waals surface area contributed by atoms with Gasteiger partial charge in [-0.05, 0) is 50.8 Å². The molecule has 1 N–H and O–H groups in total. The molecule has 0 radical (unpaired) electrons. The average molecular weight is 415 g/mol. The molecule has 4 rings (SSSR count). The van der Waals surface area contributed by atoms with Crippen molar-refractivity contribution in [2.24, 2.45) is 18.0 Å². The molecule has 1 unspecified atom stereocenters. The smallest absolute Gasteiger partial charge is 0.248 e. The van der Waals surface area contributed by atoms with Crippen LogP contribution in [0.3, 0.4) is 0 Å². The Labute approximate surface area is 175 Å². The molecule has 6 nitrogen and oxygen atoms in total. The van der Waals surface area contributed by atoms with Gasteiger partial charge < -0.3 is 14.6 Å². The van der Waals surface area contributed by atoms with E-state index in [0.29, 0.717) is 18.5 Å². The molecule has 0 bridgehead atoms. The Hall–Kier alpha value is -2.61. The Balaban J connectivity index is 1.72. The third-order valence-corrected chi connectivity index (χ3v) is 5.90. The Morgan fingerprint density at radius 1 is 1.17 bits per heavy atom. The van der Waals surface area contributed by atoms with Crippen molar-refractivity contribution in [3.8, 4) is 0 Å².